The van der Waals surface area contributed by atoms with E-state index in [1.54, 1.807) is 0 Å². The Morgan fingerprint density at radius 1 is 0.655 bits per heavy atom. The number of fused-ring (bicyclic) bond motifs is 2. The average molecular weight is 390 g/mol. The van der Waals surface area contributed by atoms with Crippen LogP contribution in [0.15, 0.2) is 47.5 Å². The molecule has 2 unspecified atom stereocenters. The lowest BCUT2D eigenvalue weighted by Crippen LogP contribution is -2.24. The van der Waals surface area contributed by atoms with Gasteiger partial charge in [-0.15, -0.1) is 0 Å². The van der Waals surface area contributed by atoms with Gasteiger partial charge < -0.3 is 9.47 Å². The number of esters is 2. The average Bonchev–Trinajstić information content (AvgIpc) is 3.21. The molecule has 2 bridgehead atoms. The Labute approximate surface area is 171 Å². The molecule has 0 radical (unpaired) electrons. The Morgan fingerprint density at radius 3 is 1.34 bits per heavy atom. The molecule has 0 amide bonds. The van der Waals surface area contributed by atoms with Crippen molar-refractivity contribution in [1.82, 2.24) is 0 Å². The van der Waals surface area contributed by atoms with E-state index in [2.05, 4.69) is 0 Å². The maximum Gasteiger partial charge on any atom is 0.340 e. The molecule has 4 heteroatoms. The van der Waals surface area contributed by atoms with E-state index in [0.29, 0.717) is 22.6 Å². The van der Waals surface area contributed by atoms with E-state index in [4.69, 9.17) is 9.47 Å². The fourth-order valence-electron chi connectivity index (χ4n) is 4.81. The monoisotopic (exact) mass is 390 g/mol. The second-order valence-corrected chi connectivity index (χ2v) is 8.46. The number of carbonyl (C=O) groups excluding carboxylic acids is 2. The fraction of sp³-hybridized carbons (Fsp3) is 0.360. The van der Waals surface area contributed by atoms with Crippen LogP contribution in [-0.2, 0) is 9.59 Å². The number of hydrogen-bond acceptors (Lipinski definition) is 4. The minimum atomic E-state index is -0.422. The van der Waals surface area contributed by atoms with Gasteiger partial charge in [0.1, 0.15) is 11.5 Å². The lowest BCUT2D eigenvalue weighted by atomic mass is 9.91. The Bertz CT molecular complexity index is 909. The zero-order chi connectivity index (χ0) is 20.7. The molecule has 2 aliphatic carbocycles. The van der Waals surface area contributed by atoms with Crippen LogP contribution < -0.4 is 9.47 Å². The maximum absolute atomic E-state index is 13.0. The number of carbonyl (C=O) groups is 2. The van der Waals surface area contributed by atoms with Gasteiger partial charge in [-0.25, -0.2) is 9.59 Å². The van der Waals surface area contributed by atoms with Gasteiger partial charge in [0.2, 0.25) is 0 Å². The van der Waals surface area contributed by atoms with Crippen molar-refractivity contribution in [3.05, 3.63) is 69.8 Å². The lowest BCUT2D eigenvalue weighted by molar-refractivity contribution is -0.133. The molecule has 2 aromatic carbocycles. The van der Waals surface area contributed by atoms with Gasteiger partial charge in [-0.05, 0) is 105 Å². The van der Waals surface area contributed by atoms with Gasteiger partial charge in [0, 0.05) is 0 Å². The van der Waals surface area contributed by atoms with Crippen LogP contribution in [0.25, 0.3) is 0 Å². The zero-order valence-electron chi connectivity index (χ0n) is 17.4. The minimum absolute atomic E-state index is 0.0835. The van der Waals surface area contributed by atoms with Crippen molar-refractivity contribution >= 4 is 11.9 Å². The number of rotatable bonds is 4. The molecule has 4 rings (SSSR count). The number of hydrogen-bond donors (Lipinski definition) is 0. The Morgan fingerprint density at radius 2 is 1.00 bits per heavy atom. The van der Waals surface area contributed by atoms with E-state index in [9.17, 15) is 9.59 Å². The van der Waals surface area contributed by atoms with Gasteiger partial charge in [0.05, 0.1) is 11.1 Å². The summed E-state index contributed by atoms with van der Waals surface area (Å²) in [7, 11) is 0. The summed E-state index contributed by atoms with van der Waals surface area (Å²) in [5, 5.41) is 0. The second-order valence-electron chi connectivity index (χ2n) is 8.46. The summed E-state index contributed by atoms with van der Waals surface area (Å²) in [5.74, 6) is 0.360. The molecule has 4 nitrogen and oxygen atoms in total. The molecule has 29 heavy (non-hydrogen) atoms. The van der Waals surface area contributed by atoms with Crippen LogP contribution in [0.1, 0.15) is 41.5 Å². The summed E-state index contributed by atoms with van der Waals surface area (Å²) < 4.78 is 11.4. The molecular weight excluding hydrogens is 364 g/mol. The first-order chi connectivity index (χ1) is 13.8. The third-order valence-corrected chi connectivity index (χ3v) is 5.79. The van der Waals surface area contributed by atoms with E-state index in [1.807, 2.05) is 64.1 Å². The van der Waals surface area contributed by atoms with Crippen LogP contribution in [0.3, 0.4) is 0 Å². The van der Waals surface area contributed by atoms with Crippen LogP contribution in [0.5, 0.6) is 11.5 Å². The molecule has 2 aliphatic rings. The molecule has 0 N–H and O–H groups in total. The Kier molecular flexibility index (Phi) is 5.03. The summed E-state index contributed by atoms with van der Waals surface area (Å²) in [6.07, 6.45) is 2.67. The fourth-order valence-corrected chi connectivity index (χ4v) is 4.81. The normalized spacial score (nSPS) is 20.1. The number of ether oxygens (including phenoxy) is 2. The largest absolute Gasteiger partial charge is 0.423 e. The number of aryl methyl sites for hydroxylation is 4. The molecule has 150 valence electrons. The van der Waals surface area contributed by atoms with E-state index >= 15 is 0 Å². The van der Waals surface area contributed by atoms with Crippen molar-refractivity contribution < 1.29 is 19.1 Å². The van der Waals surface area contributed by atoms with E-state index in [0.717, 1.165) is 41.5 Å². The van der Waals surface area contributed by atoms with E-state index < -0.39 is 11.9 Å². The Balaban J connectivity index is 1.62. The topological polar surface area (TPSA) is 52.6 Å². The summed E-state index contributed by atoms with van der Waals surface area (Å²) in [6, 6.07) is 11.4. The van der Waals surface area contributed by atoms with Gasteiger partial charge >= 0.3 is 11.9 Å². The molecule has 0 spiro atoms. The summed E-state index contributed by atoms with van der Waals surface area (Å²) in [5.41, 5.74) is 5.14. The van der Waals surface area contributed by atoms with Gasteiger partial charge in [0.15, 0.2) is 0 Å². The first kappa shape index (κ1) is 19.4. The van der Waals surface area contributed by atoms with Crippen LogP contribution in [0.2, 0.25) is 0 Å². The first-order valence-corrected chi connectivity index (χ1v) is 10.1. The molecule has 2 atom stereocenters. The third kappa shape index (κ3) is 3.98. The summed E-state index contributed by atoms with van der Waals surface area (Å²) in [6.45, 7) is 7.86. The maximum atomic E-state index is 13.0. The summed E-state index contributed by atoms with van der Waals surface area (Å²) in [4.78, 5) is 26.0. The van der Waals surface area contributed by atoms with Crippen molar-refractivity contribution in [2.45, 2.75) is 47.0 Å². The van der Waals surface area contributed by atoms with Crippen LogP contribution >= 0.6 is 0 Å². The highest BCUT2D eigenvalue weighted by Crippen LogP contribution is 2.49. The molecule has 0 aliphatic heterocycles. The summed E-state index contributed by atoms with van der Waals surface area (Å²) >= 11 is 0. The van der Waals surface area contributed by atoms with Crippen molar-refractivity contribution in [1.29, 1.82) is 0 Å². The SMILES string of the molecule is Cc1cc(C)cc(OC(=O)C2=C(C(=O)Oc3cc(C)cc(C)c3)C3CCC2C3)c1. The van der Waals surface area contributed by atoms with Gasteiger partial charge in [-0.2, -0.15) is 0 Å². The molecule has 1 saturated carbocycles. The van der Waals surface area contributed by atoms with Crippen LogP contribution in [0, 0.1) is 39.5 Å². The quantitative estimate of drug-likeness (QED) is 0.535. The zero-order valence-corrected chi connectivity index (χ0v) is 17.4. The highest BCUT2D eigenvalue weighted by molar-refractivity contribution is 6.03. The predicted octanol–water partition coefficient (Wildman–Crippen LogP) is 5.16. The van der Waals surface area contributed by atoms with Crippen molar-refractivity contribution in [3.8, 4) is 11.5 Å². The van der Waals surface area contributed by atoms with Crippen molar-refractivity contribution in [2.75, 3.05) is 0 Å². The molecule has 0 saturated heterocycles. The van der Waals surface area contributed by atoms with Crippen molar-refractivity contribution in [2.24, 2.45) is 11.8 Å². The van der Waals surface area contributed by atoms with E-state index in [-0.39, 0.29) is 11.8 Å². The standard InChI is InChI=1S/C25H26O4/c1-14-7-15(2)10-20(9-14)28-24(26)22-18-5-6-19(13-18)23(22)25(27)29-21-11-16(3)8-17(4)12-21/h7-12,18-19H,5-6,13H2,1-4H3. The smallest absolute Gasteiger partial charge is 0.340 e. The highest BCUT2D eigenvalue weighted by atomic mass is 16.5. The van der Waals surface area contributed by atoms with Gasteiger partial charge in [-0.3, -0.25) is 0 Å². The van der Waals surface area contributed by atoms with Gasteiger partial charge in [0.25, 0.3) is 0 Å². The Hall–Kier alpha value is -2.88. The van der Waals surface area contributed by atoms with Gasteiger partial charge in [-0.1, -0.05) is 12.1 Å². The van der Waals surface area contributed by atoms with Crippen LogP contribution in [0.4, 0.5) is 0 Å². The highest BCUT2D eigenvalue weighted by Gasteiger charge is 2.46. The number of benzene rings is 2. The minimum Gasteiger partial charge on any atom is -0.423 e. The molecular formula is C25H26O4. The first-order valence-electron chi connectivity index (χ1n) is 10.1. The molecule has 2 aromatic rings. The predicted molar refractivity (Wildman–Crippen MR) is 111 cm³/mol. The third-order valence-electron chi connectivity index (χ3n) is 5.79. The molecule has 0 heterocycles. The second kappa shape index (κ2) is 7.51. The van der Waals surface area contributed by atoms with Crippen molar-refractivity contribution in [3.63, 3.8) is 0 Å². The lowest BCUT2D eigenvalue weighted by Gasteiger charge is -2.18. The van der Waals surface area contributed by atoms with E-state index in [1.165, 1.54) is 0 Å². The molecule has 0 aromatic heterocycles. The van der Waals surface area contributed by atoms with Crippen LogP contribution in [-0.4, -0.2) is 11.9 Å². The molecule has 1 fully saturated rings.